The third-order valence-electron chi connectivity index (χ3n) is 4.36. The number of hydrogen-bond acceptors (Lipinski definition) is 11. The van der Waals surface area contributed by atoms with Gasteiger partial charge in [0, 0.05) is 6.07 Å². The van der Waals surface area contributed by atoms with Crippen molar-refractivity contribution in [2.45, 2.75) is 44.3 Å². The average Bonchev–Trinajstić information content (AvgIpc) is 2.75. The molecule has 0 spiro atoms. The van der Waals surface area contributed by atoms with E-state index in [2.05, 4.69) is 24.5 Å². The quantitative estimate of drug-likeness (QED) is 0.0982. The second kappa shape index (κ2) is 11.9. The first-order chi connectivity index (χ1) is 16.8. The van der Waals surface area contributed by atoms with Crippen LogP contribution < -0.4 is 5.32 Å². The number of methoxy groups -OCH3 is 1. The van der Waals surface area contributed by atoms with Gasteiger partial charge in [-0.05, 0) is 20.8 Å². The summed E-state index contributed by atoms with van der Waals surface area (Å²) in [5.41, 5.74) is -9.35. The first-order valence-electron chi connectivity index (χ1n) is 10.1. The molecule has 0 saturated heterocycles. The lowest BCUT2D eigenvalue weighted by Crippen LogP contribution is -2.56. The van der Waals surface area contributed by atoms with E-state index in [-0.39, 0.29) is 6.07 Å². The van der Waals surface area contributed by atoms with Gasteiger partial charge in [0.05, 0.1) is 37.4 Å². The van der Waals surface area contributed by atoms with E-state index in [0.717, 1.165) is 7.11 Å². The van der Waals surface area contributed by atoms with Gasteiger partial charge in [0.2, 0.25) is 5.69 Å². The van der Waals surface area contributed by atoms with Gasteiger partial charge < -0.3 is 29.4 Å². The number of aliphatic hydroxyl groups is 1. The molecule has 0 aliphatic heterocycles. The first kappa shape index (κ1) is 31.8. The second-order valence-electron chi connectivity index (χ2n) is 7.90. The number of nitrogens with one attached hydrogen (secondary N) is 1. The minimum Gasteiger partial charge on any atom is -0.464 e. The SMILES string of the molecule is CCOC(=O)C(O)(COCOCC(C)(C)Nc1nc(C(=O)OC)c([N+](=O)[O-])cc1C(F)(F)F)C(F)(F)F. The molecule has 0 aliphatic rings. The van der Waals surface area contributed by atoms with Crippen molar-refractivity contribution < 1.29 is 64.9 Å². The summed E-state index contributed by atoms with van der Waals surface area (Å²) in [6.45, 7) is 0.176. The van der Waals surface area contributed by atoms with E-state index in [0.29, 0.717) is 0 Å². The first-order valence-corrected chi connectivity index (χ1v) is 10.1. The number of nitro groups is 1. The normalized spacial score (nSPS) is 14.0. The van der Waals surface area contributed by atoms with Gasteiger partial charge in [-0.1, -0.05) is 0 Å². The maximum Gasteiger partial charge on any atom is 0.430 e. The number of anilines is 1. The molecule has 1 aromatic rings. The average molecular weight is 551 g/mol. The lowest BCUT2D eigenvalue weighted by atomic mass is 10.1. The Bertz CT molecular complexity index is 1000. The highest BCUT2D eigenvalue weighted by molar-refractivity contribution is 5.92. The maximum atomic E-state index is 13.5. The Morgan fingerprint density at radius 3 is 2.16 bits per heavy atom. The molecule has 210 valence electrons. The molecule has 1 aromatic heterocycles. The highest BCUT2D eigenvalue weighted by Crippen LogP contribution is 2.38. The zero-order valence-corrected chi connectivity index (χ0v) is 19.8. The van der Waals surface area contributed by atoms with Gasteiger partial charge >= 0.3 is 30.0 Å². The van der Waals surface area contributed by atoms with Crippen LogP contribution in [-0.4, -0.2) is 78.0 Å². The highest BCUT2D eigenvalue weighted by Gasteiger charge is 2.61. The molecule has 2 N–H and O–H groups in total. The van der Waals surface area contributed by atoms with Crippen molar-refractivity contribution in [3.63, 3.8) is 0 Å². The fourth-order valence-corrected chi connectivity index (χ4v) is 2.61. The van der Waals surface area contributed by atoms with Crippen LogP contribution in [0, 0.1) is 10.1 Å². The van der Waals surface area contributed by atoms with Crippen LogP contribution in [0.2, 0.25) is 0 Å². The second-order valence-corrected chi connectivity index (χ2v) is 7.90. The van der Waals surface area contributed by atoms with Crippen molar-refractivity contribution in [2.75, 3.05) is 39.0 Å². The number of alkyl halides is 6. The molecule has 0 fully saturated rings. The number of esters is 2. The Kier molecular flexibility index (Phi) is 10.2. The van der Waals surface area contributed by atoms with Crippen molar-refractivity contribution in [3.8, 4) is 0 Å². The Labute approximate surface area is 205 Å². The fraction of sp³-hybridized carbons (Fsp3) is 0.632. The third kappa shape index (κ3) is 8.12. The number of ether oxygens (including phenoxy) is 4. The monoisotopic (exact) mass is 551 g/mol. The van der Waals surface area contributed by atoms with Crippen molar-refractivity contribution in [1.82, 2.24) is 4.98 Å². The van der Waals surface area contributed by atoms with Crippen LogP contribution in [-0.2, 0) is 29.9 Å². The molecule has 12 nitrogen and oxygen atoms in total. The summed E-state index contributed by atoms with van der Waals surface area (Å²) in [7, 11) is 0.831. The number of aromatic nitrogens is 1. The van der Waals surface area contributed by atoms with E-state index in [1.165, 1.54) is 20.8 Å². The predicted molar refractivity (Wildman–Crippen MR) is 109 cm³/mol. The largest absolute Gasteiger partial charge is 0.464 e. The summed E-state index contributed by atoms with van der Waals surface area (Å²) in [6, 6.07) is 0.0923. The smallest absolute Gasteiger partial charge is 0.430 e. The maximum absolute atomic E-state index is 13.5. The summed E-state index contributed by atoms with van der Waals surface area (Å²) < 4.78 is 98.0. The molecule has 0 aliphatic carbocycles. The number of nitrogens with zero attached hydrogens (tertiary/aromatic N) is 2. The molecule has 1 unspecified atom stereocenters. The van der Waals surface area contributed by atoms with Gasteiger partial charge in [0.1, 0.15) is 18.2 Å². The van der Waals surface area contributed by atoms with Gasteiger partial charge in [-0.15, -0.1) is 0 Å². The van der Waals surface area contributed by atoms with E-state index in [9.17, 15) is 51.2 Å². The van der Waals surface area contributed by atoms with Gasteiger partial charge in [-0.2, -0.15) is 26.3 Å². The standard InChI is InChI=1S/C19H23F6N3O9/c1-5-37-15(30)17(31,19(23,24)25)8-36-9-35-7-16(2,3)27-13-10(18(20,21)22)6-11(28(32)33)12(26-13)14(29)34-4/h6,31H,5,7-9H2,1-4H3,(H,26,27). The van der Waals surface area contributed by atoms with Crippen LogP contribution in [0.1, 0.15) is 36.8 Å². The van der Waals surface area contributed by atoms with Crippen molar-refractivity contribution in [3.05, 3.63) is 27.4 Å². The van der Waals surface area contributed by atoms with E-state index in [1.54, 1.807) is 0 Å². The summed E-state index contributed by atoms with van der Waals surface area (Å²) in [4.78, 5) is 36.7. The number of hydrogen-bond donors (Lipinski definition) is 2. The van der Waals surface area contributed by atoms with Crippen LogP contribution in [0.25, 0.3) is 0 Å². The van der Waals surface area contributed by atoms with E-state index in [1.807, 2.05) is 0 Å². The summed E-state index contributed by atoms with van der Waals surface area (Å²) >= 11 is 0. The van der Waals surface area contributed by atoms with Gasteiger partial charge in [-0.25, -0.2) is 14.6 Å². The number of carbonyl (C=O) groups excluding carboxylic acids is 2. The minimum absolute atomic E-state index is 0.0923. The zero-order chi connectivity index (χ0) is 28.8. The molecule has 1 atom stereocenters. The molecule has 1 rings (SSSR count). The van der Waals surface area contributed by atoms with Gasteiger partial charge in [0.25, 0.3) is 5.60 Å². The van der Waals surface area contributed by atoms with Crippen LogP contribution >= 0.6 is 0 Å². The number of pyridine rings is 1. The van der Waals surface area contributed by atoms with Crippen molar-refractivity contribution in [2.24, 2.45) is 0 Å². The molecular formula is C19H23F6N3O9. The van der Waals surface area contributed by atoms with E-state index in [4.69, 9.17) is 4.74 Å². The van der Waals surface area contributed by atoms with Gasteiger partial charge in [-0.3, -0.25) is 10.1 Å². The number of carbonyl (C=O) groups is 2. The minimum atomic E-state index is -5.45. The predicted octanol–water partition coefficient (Wildman–Crippen LogP) is 2.83. The van der Waals surface area contributed by atoms with Crippen molar-refractivity contribution >= 4 is 23.4 Å². The molecule has 18 heteroatoms. The highest BCUT2D eigenvalue weighted by atomic mass is 19.4. The number of halogens is 6. The van der Waals surface area contributed by atoms with E-state index < -0.39 is 89.7 Å². The third-order valence-corrected chi connectivity index (χ3v) is 4.36. The lowest BCUT2D eigenvalue weighted by molar-refractivity contribution is -0.385. The topological polar surface area (TPSA) is 159 Å². The zero-order valence-electron chi connectivity index (χ0n) is 19.8. The Hall–Kier alpha value is -3.25. The van der Waals surface area contributed by atoms with E-state index >= 15 is 0 Å². The van der Waals surface area contributed by atoms with Gasteiger partial charge in [0.15, 0.2) is 0 Å². The lowest BCUT2D eigenvalue weighted by Gasteiger charge is -2.29. The Morgan fingerprint density at radius 2 is 1.70 bits per heavy atom. The molecule has 0 saturated carbocycles. The van der Waals surface area contributed by atoms with Crippen LogP contribution in [0.3, 0.4) is 0 Å². The molecule has 0 aromatic carbocycles. The molecule has 0 radical (unpaired) electrons. The number of rotatable bonds is 12. The molecule has 37 heavy (non-hydrogen) atoms. The Balaban J connectivity index is 3.03. The summed E-state index contributed by atoms with van der Waals surface area (Å²) in [5, 5.41) is 23.1. The van der Waals surface area contributed by atoms with Crippen LogP contribution in [0.4, 0.5) is 37.8 Å². The molecule has 0 bridgehead atoms. The van der Waals surface area contributed by atoms with Crippen LogP contribution in [0.5, 0.6) is 0 Å². The fourth-order valence-electron chi connectivity index (χ4n) is 2.61. The Morgan fingerprint density at radius 1 is 1.14 bits per heavy atom. The summed E-state index contributed by atoms with van der Waals surface area (Å²) in [5.74, 6) is -4.39. The van der Waals surface area contributed by atoms with Crippen LogP contribution in [0.15, 0.2) is 6.07 Å². The molecule has 0 amide bonds. The molecule has 1 heterocycles. The summed E-state index contributed by atoms with van der Waals surface area (Å²) in [6.07, 6.45) is -10.6. The van der Waals surface area contributed by atoms with Crippen molar-refractivity contribution in [1.29, 1.82) is 0 Å². The molecular weight excluding hydrogens is 528 g/mol.